The lowest BCUT2D eigenvalue weighted by atomic mass is 9.99. The summed E-state index contributed by atoms with van der Waals surface area (Å²) in [6.07, 6.45) is -2.65. The molecule has 40 heavy (non-hydrogen) atoms. The summed E-state index contributed by atoms with van der Waals surface area (Å²) in [6.45, 7) is 1.90. The molecule has 14 heteroatoms. The molecule has 220 valence electrons. The van der Waals surface area contributed by atoms with Crippen molar-refractivity contribution < 1.29 is 35.4 Å². The molecular weight excluding hydrogens is 610 g/mol. The Morgan fingerprint density at radius 3 is 2.38 bits per heavy atom. The van der Waals surface area contributed by atoms with Crippen LogP contribution in [0.5, 0.6) is 11.5 Å². The van der Waals surface area contributed by atoms with Gasteiger partial charge in [0, 0.05) is 47.8 Å². The van der Waals surface area contributed by atoms with Gasteiger partial charge in [0.2, 0.25) is 0 Å². The van der Waals surface area contributed by atoms with Crippen molar-refractivity contribution in [3.8, 4) is 11.5 Å². The third-order valence-electron chi connectivity index (χ3n) is 6.88. The zero-order valence-electron chi connectivity index (χ0n) is 22.2. The summed E-state index contributed by atoms with van der Waals surface area (Å²) in [5.74, 6) is 1.04. The summed E-state index contributed by atoms with van der Waals surface area (Å²) < 4.78 is 12.3. The van der Waals surface area contributed by atoms with Crippen molar-refractivity contribution in [3.05, 3.63) is 46.2 Å². The maximum atomic E-state index is 11.0. The lowest BCUT2D eigenvalue weighted by Gasteiger charge is -2.41. The molecular formula is C26H35BrClN5O7. The number of aliphatic hydroxyl groups is 4. The van der Waals surface area contributed by atoms with E-state index in [-0.39, 0.29) is 17.8 Å². The number of nitrogens with zero attached hydrogens (tertiary/aromatic N) is 4. The number of fused-ring (bicyclic) bond motifs is 1. The lowest BCUT2D eigenvalue weighted by molar-refractivity contribution is -0.107. The number of hydrogen-bond acceptors (Lipinski definition) is 11. The van der Waals surface area contributed by atoms with Gasteiger partial charge in [-0.25, -0.2) is 9.97 Å². The first kappa shape index (κ1) is 32.2. The summed E-state index contributed by atoms with van der Waals surface area (Å²) in [4.78, 5) is 12.8. The zero-order chi connectivity index (χ0) is 28.1. The van der Waals surface area contributed by atoms with E-state index in [9.17, 15) is 20.4 Å². The Hall–Kier alpha value is -2.33. The van der Waals surface area contributed by atoms with E-state index in [0.29, 0.717) is 40.6 Å². The van der Waals surface area contributed by atoms with Gasteiger partial charge in [-0.05, 0) is 47.2 Å². The van der Waals surface area contributed by atoms with Crippen LogP contribution in [0.1, 0.15) is 0 Å². The molecule has 2 aromatic carbocycles. The largest absolute Gasteiger partial charge is 0.493 e. The molecule has 3 aromatic rings. The topological polar surface area (TPSA) is 175 Å². The number of nitrogens with one attached hydrogen (secondary N) is 1. The molecule has 1 fully saturated rings. The van der Waals surface area contributed by atoms with Gasteiger partial charge in [0.25, 0.3) is 0 Å². The summed E-state index contributed by atoms with van der Waals surface area (Å²) in [6, 6.07) is 8.01. The Labute approximate surface area is 245 Å². The third kappa shape index (κ3) is 7.29. The van der Waals surface area contributed by atoms with Crippen molar-refractivity contribution in [2.75, 3.05) is 58.9 Å². The number of rotatable bonds is 11. The van der Waals surface area contributed by atoms with Crippen LogP contribution >= 0.6 is 27.5 Å². The molecule has 2 heterocycles. The smallest absolute Gasteiger partial charge is 0.164 e. The molecule has 1 saturated heterocycles. The lowest BCUT2D eigenvalue weighted by Crippen LogP contribution is -2.59. The van der Waals surface area contributed by atoms with Crippen LogP contribution in [0.25, 0.3) is 10.9 Å². The number of hydrogen-bond donors (Lipinski definition) is 5. The van der Waals surface area contributed by atoms with E-state index in [1.807, 2.05) is 24.1 Å². The van der Waals surface area contributed by atoms with Crippen molar-refractivity contribution in [2.24, 2.45) is 0 Å². The average molecular weight is 645 g/mol. The highest BCUT2D eigenvalue weighted by Gasteiger charge is 2.37. The Kier molecular flexibility index (Phi) is 11.7. The monoisotopic (exact) mass is 643 g/mol. The fourth-order valence-electron chi connectivity index (χ4n) is 4.54. The molecule has 1 aliphatic heterocycles. The number of anilines is 2. The number of halogens is 2. The minimum Gasteiger partial charge on any atom is -0.493 e. The maximum absolute atomic E-state index is 11.0. The molecule has 0 aliphatic carbocycles. The molecule has 12 nitrogen and oxygen atoms in total. The van der Waals surface area contributed by atoms with Gasteiger partial charge in [0.05, 0.1) is 36.9 Å². The Morgan fingerprint density at radius 2 is 1.75 bits per heavy atom. The van der Waals surface area contributed by atoms with Crippen molar-refractivity contribution in [1.29, 1.82) is 0 Å². The van der Waals surface area contributed by atoms with Crippen molar-refractivity contribution in [1.82, 2.24) is 19.8 Å². The molecule has 0 bridgehead atoms. The van der Waals surface area contributed by atoms with E-state index < -0.39 is 31.0 Å². The minimum absolute atomic E-state index is 0. The summed E-state index contributed by atoms with van der Waals surface area (Å²) in [5, 5.41) is 46.4. The standard InChI is InChI=1S/C26H33BrClN5O6.H2O/c1-32-5-7-33(8-6-32)20(12-34)24(36)25(37)23(13-35)39-22-11-19-16(10-21(22)38-2)26(30-14-29-19)31-15-3-4-17(27)18(28)9-15;/h3-4,9-11,14,20,23-25,34-37H,5-8,12-13H2,1-2H3,(H,29,30,31);1H2/t20-,23-,24+,25+;/m0./s1. The molecule has 1 aliphatic rings. The van der Waals surface area contributed by atoms with Gasteiger partial charge in [0.1, 0.15) is 24.4 Å². The van der Waals surface area contributed by atoms with Crippen LogP contribution < -0.4 is 14.8 Å². The van der Waals surface area contributed by atoms with E-state index in [2.05, 4.69) is 36.1 Å². The first-order valence-electron chi connectivity index (χ1n) is 12.5. The first-order chi connectivity index (χ1) is 18.7. The highest BCUT2D eigenvalue weighted by Crippen LogP contribution is 2.36. The quantitative estimate of drug-likeness (QED) is 0.202. The third-order valence-corrected chi connectivity index (χ3v) is 8.11. The number of piperazine rings is 1. The molecule has 0 saturated carbocycles. The Bertz CT molecular complexity index is 1270. The molecule has 0 amide bonds. The minimum atomic E-state index is -1.49. The predicted octanol–water partition coefficient (Wildman–Crippen LogP) is 1.04. The number of aromatic nitrogens is 2. The second kappa shape index (κ2) is 14.5. The molecule has 0 spiro atoms. The number of methoxy groups -OCH3 is 1. The van der Waals surface area contributed by atoms with Crippen LogP contribution in [-0.2, 0) is 0 Å². The summed E-state index contributed by atoms with van der Waals surface area (Å²) >= 11 is 9.60. The summed E-state index contributed by atoms with van der Waals surface area (Å²) in [5.41, 5.74) is 1.24. The van der Waals surface area contributed by atoms with E-state index in [1.54, 1.807) is 18.2 Å². The predicted molar refractivity (Wildman–Crippen MR) is 156 cm³/mol. The molecule has 4 rings (SSSR count). The van der Waals surface area contributed by atoms with Crippen LogP contribution in [0.2, 0.25) is 5.02 Å². The highest BCUT2D eigenvalue weighted by molar-refractivity contribution is 9.10. The van der Waals surface area contributed by atoms with E-state index >= 15 is 0 Å². The first-order valence-corrected chi connectivity index (χ1v) is 13.6. The number of ether oxygens (including phenoxy) is 2. The van der Waals surface area contributed by atoms with Gasteiger partial charge < -0.3 is 45.6 Å². The number of aliphatic hydroxyl groups excluding tert-OH is 4. The highest BCUT2D eigenvalue weighted by atomic mass is 79.9. The van der Waals surface area contributed by atoms with Gasteiger partial charge in [-0.2, -0.15) is 0 Å². The van der Waals surface area contributed by atoms with E-state index in [4.69, 9.17) is 21.1 Å². The molecule has 7 N–H and O–H groups in total. The summed E-state index contributed by atoms with van der Waals surface area (Å²) in [7, 11) is 3.47. The molecule has 0 unspecified atom stereocenters. The van der Waals surface area contributed by atoms with Crippen LogP contribution in [0.3, 0.4) is 0 Å². The van der Waals surface area contributed by atoms with Gasteiger partial charge >= 0.3 is 0 Å². The van der Waals surface area contributed by atoms with Crippen LogP contribution in [0.15, 0.2) is 41.1 Å². The molecule has 1 aromatic heterocycles. The second-order valence-corrected chi connectivity index (χ2v) is 10.7. The van der Waals surface area contributed by atoms with Crippen LogP contribution in [0.4, 0.5) is 11.5 Å². The Balaban J connectivity index is 0.00000441. The number of likely N-dealkylation sites (N-methyl/N-ethyl adjacent to an activating group) is 1. The van der Waals surface area contributed by atoms with E-state index in [0.717, 1.165) is 23.2 Å². The van der Waals surface area contributed by atoms with Gasteiger partial charge in [-0.15, -0.1) is 0 Å². The van der Waals surface area contributed by atoms with Crippen molar-refractivity contribution in [3.63, 3.8) is 0 Å². The zero-order valence-corrected chi connectivity index (χ0v) is 24.5. The molecule has 0 radical (unpaired) electrons. The van der Waals surface area contributed by atoms with Gasteiger partial charge in [-0.3, -0.25) is 4.90 Å². The molecule has 4 atom stereocenters. The normalized spacial score (nSPS) is 17.5. The average Bonchev–Trinajstić information content (AvgIpc) is 2.94. The van der Waals surface area contributed by atoms with Gasteiger partial charge in [-0.1, -0.05) is 11.6 Å². The fraction of sp³-hybridized carbons (Fsp3) is 0.462. The SMILES string of the molecule is COc1cc2c(Nc3ccc(Br)c(Cl)c3)ncnc2cc1O[C@@H](CO)[C@@H](O)[C@H](O)[C@H](CO)N1CCN(C)CC1.O. The fourth-order valence-corrected chi connectivity index (χ4v) is 4.97. The van der Waals surface area contributed by atoms with Crippen LogP contribution in [-0.4, -0.2) is 124 Å². The number of benzene rings is 2. The van der Waals surface area contributed by atoms with Crippen molar-refractivity contribution in [2.45, 2.75) is 24.4 Å². The van der Waals surface area contributed by atoms with Crippen LogP contribution in [0, 0.1) is 0 Å². The van der Waals surface area contributed by atoms with Gasteiger partial charge in [0.15, 0.2) is 17.6 Å². The maximum Gasteiger partial charge on any atom is 0.164 e. The Morgan fingerprint density at radius 1 is 1.02 bits per heavy atom. The van der Waals surface area contributed by atoms with Crippen molar-refractivity contribution >= 4 is 49.9 Å². The second-order valence-electron chi connectivity index (χ2n) is 9.41. The van der Waals surface area contributed by atoms with E-state index in [1.165, 1.54) is 13.4 Å².